The first-order chi connectivity index (χ1) is 7.20. The molecule has 1 aliphatic rings. The molecule has 0 radical (unpaired) electrons. The van der Waals surface area contributed by atoms with Crippen LogP contribution >= 0.6 is 15.9 Å². The number of hydrogen-bond acceptors (Lipinski definition) is 2. The van der Waals surface area contributed by atoms with E-state index in [0.717, 1.165) is 24.2 Å². The Labute approximate surface area is 96.9 Å². The molecule has 1 unspecified atom stereocenters. The van der Waals surface area contributed by atoms with Crippen molar-refractivity contribution < 1.29 is 9.13 Å². The monoisotopic (exact) mass is 273 g/mol. The van der Waals surface area contributed by atoms with Crippen LogP contribution < -0.4 is 5.32 Å². The molecule has 1 aliphatic heterocycles. The van der Waals surface area contributed by atoms with Crippen molar-refractivity contribution in [3.8, 4) is 0 Å². The summed E-state index contributed by atoms with van der Waals surface area (Å²) in [6, 6.07) is 3.26. The minimum Gasteiger partial charge on any atom is -0.371 e. The molecule has 0 spiro atoms. The van der Waals surface area contributed by atoms with Gasteiger partial charge < -0.3 is 10.1 Å². The van der Waals surface area contributed by atoms with Gasteiger partial charge in [0.25, 0.3) is 0 Å². The number of benzene rings is 1. The van der Waals surface area contributed by atoms with Crippen molar-refractivity contribution in [2.75, 3.05) is 19.7 Å². The lowest BCUT2D eigenvalue weighted by Gasteiger charge is -2.26. The normalized spacial score (nSPS) is 21.7. The van der Waals surface area contributed by atoms with E-state index in [1.807, 2.05) is 6.92 Å². The van der Waals surface area contributed by atoms with E-state index in [0.29, 0.717) is 11.1 Å². The summed E-state index contributed by atoms with van der Waals surface area (Å²) < 4.78 is 19.5. The van der Waals surface area contributed by atoms with E-state index in [-0.39, 0.29) is 11.9 Å². The van der Waals surface area contributed by atoms with Crippen LogP contribution in [-0.2, 0) is 4.74 Å². The Hall–Kier alpha value is -0.450. The van der Waals surface area contributed by atoms with Crippen LogP contribution in [0.5, 0.6) is 0 Å². The Balaban J connectivity index is 2.36. The summed E-state index contributed by atoms with van der Waals surface area (Å²) >= 11 is 3.28. The minimum atomic E-state index is -0.232. The maximum Gasteiger partial charge on any atom is 0.137 e. The maximum absolute atomic E-state index is 13.4. The van der Waals surface area contributed by atoms with Crippen LogP contribution in [-0.4, -0.2) is 19.7 Å². The van der Waals surface area contributed by atoms with E-state index in [9.17, 15) is 4.39 Å². The van der Waals surface area contributed by atoms with Crippen molar-refractivity contribution in [2.45, 2.75) is 13.0 Å². The first-order valence-electron chi connectivity index (χ1n) is 4.97. The summed E-state index contributed by atoms with van der Waals surface area (Å²) in [7, 11) is 0. The van der Waals surface area contributed by atoms with Gasteiger partial charge in [0, 0.05) is 18.7 Å². The van der Waals surface area contributed by atoms with E-state index in [1.165, 1.54) is 6.07 Å². The third kappa shape index (κ3) is 2.22. The van der Waals surface area contributed by atoms with Gasteiger partial charge in [0.2, 0.25) is 0 Å². The average Bonchev–Trinajstić information content (AvgIpc) is 2.26. The molecule has 4 heteroatoms. The van der Waals surface area contributed by atoms with Crippen molar-refractivity contribution >= 4 is 15.9 Å². The molecule has 1 saturated heterocycles. The number of aryl methyl sites for hydroxylation is 1. The Morgan fingerprint density at radius 2 is 2.33 bits per heavy atom. The number of ether oxygens (including phenoxy) is 1. The number of morpholine rings is 1. The topological polar surface area (TPSA) is 21.3 Å². The first kappa shape index (κ1) is 11.0. The quantitative estimate of drug-likeness (QED) is 0.849. The fourth-order valence-electron chi connectivity index (χ4n) is 1.81. The zero-order valence-corrected chi connectivity index (χ0v) is 10.1. The highest BCUT2D eigenvalue weighted by Gasteiger charge is 2.21. The van der Waals surface area contributed by atoms with Gasteiger partial charge >= 0.3 is 0 Å². The molecule has 0 amide bonds. The van der Waals surface area contributed by atoms with Crippen LogP contribution in [0.1, 0.15) is 17.2 Å². The zero-order chi connectivity index (χ0) is 10.8. The standard InChI is InChI=1S/C11H13BrFNO/c1-7-2-3-8(13)11(12)10(7)9-6-14-4-5-15-9/h2-3,9,14H,4-6H2,1H3. The van der Waals surface area contributed by atoms with E-state index >= 15 is 0 Å². The highest BCUT2D eigenvalue weighted by atomic mass is 79.9. The molecule has 1 heterocycles. The molecule has 1 atom stereocenters. The largest absolute Gasteiger partial charge is 0.371 e. The smallest absolute Gasteiger partial charge is 0.137 e. The van der Waals surface area contributed by atoms with Crippen molar-refractivity contribution in [2.24, 2.45) is 0 Å². The van der Waals surface area contributed by atoms with Crippen LogP contribution in [0.3, 0.4) is 0 Å². The molecular weight excluding hydrogens is 261 g/mol. The summed E-state index contributed by atoms with van der Waals surface area (Å²) in [4.78, 5) is 0. The van der Waals surface area contributed by atoms with E-state index in [1.54, 1.807) is 6.07 Å². The predicted molar refractivity (Wildman–Crippen MR) is 60.4 cm³/mol. The molecule has 1 aromatic carbocycles. The van der Waals surface area contributed by atoms with Gasteiger partial charge in [-0.3, -0.25) is 0 Å². The van der Waals surface area contributed by atoms with E-state index < -0.39 is 0 Å². The van der Waals surface area contributed by atoms with Gasteiger partial charge in [-0.25, -0.2) is 4.39 Å². The number of nitrogens with one attached hydrogen (secondary N) is 1. The van der Waals surface area contributed by atoms with E-state index in [4.69, 9.17) is 4.74 Å². The fourth-order valence-corrected chi connectivity index (χ4v) is 2.51. The predicted octanol–water partition coefficient (Wildman–Crippen LogP) is 2.56. The maximum atomic E-state index is 13.4. The van der Waals surface area contributed by atoms with Gasteiger partial charge in [-0.1, -0.05) is 6.07 Å². The Morgan fingerprint density at radius 3 is 3.00 bits per heavy atom. The summed E-state index contributed by atoms with van der Waals surface area (Å²) in [5.74, 6) is -0.232. The first-order valence-corrected chi connectivity index (χ1v) is 5.76. The third-order valence-electron chi connectivity index (χ3n) is 2.60. The number of halogens is 2. The highest BCUT2D eigenvalue weighted by molar-refractivity contribution is 9.10. The summed E-state index contributed by atoms with van der Waals surface area (Å²) in [5.41, 5.74) is 1.97. The van der Waals surface area contributed by atoms with Crippen LogP contribution in [0.4, 0.5) is 4.39 Å². The van der Waals surface area contributed by atoms with Crippen LogP contribution in [0, 0.1) is 12.7 Å². The Kier molecular flexibility index (Phi) is 3.38. The Bertz CT molecular complexity index is 364. The van der Waals surface area contributed by atoms with Gasteiger partial charge in [0.05, 0.1) is 17.2 Å². The second-order valence-corrected chi connectivity index (χ2v) is 4.45. The second-order valence-electron chi connectivity index (χ2n) is 3.66. The minimum absolute atomic E-state index is 0.0520. The number of hydrogen-bond donors (Lipinski definition) is 1. The van der Waals surface area contributed by atoms with Gasteiger partial charge in [0.15, 0.2) is 0 Å². The summed E-state index contributed by atoms with van der Waals surface area (Å²) in [6.07, 6.45) is -0.0520. The summed E-state index contributed by atoms with van der Waals surface area (Å²) in [6.45, 7) is 4.25. The molecule has 2 rings (SSSR count). The van der Waals surface area contributed by atoms with Crippen LogP contribution in [0.15, 0.2) is 16.6 Å². The molecule has 0 aliphatic carbocycles. The molecule has 1 fully saturated rings. The van der Waals surface area contributed by atoms with Gasteiger partial charge in [0.1, 0.15) is 5.82 Å². The lowest BCUT2D eigenvalue weighted by Crippen LogP contribution is -2.33. The van der Waals surface area contributed by atoms with Crippen molar-refractivity contribution in [3.05, 3.63) is 33.5 Å². The molecule has 1 aromatic rings. The Morgan fingerprint density at radius 1 is 1.53 bits per heavy atom. The molecule has 0 saturated carbocycles. The highest BCUT2D eigenvalue weighted by Crippen LogP contribution is 2.31. The van der Waals surface area contributed by atoms with E-state index in [2.05, 4.69) is 21.2 Å². The molecule has 15 heavy (non-hydrogen) atoms. The van der Waals surface area contributed by atoms with Crippen LogP contribution in [0.25, 0.3) is 0 Å². The second kappa shape index (κ2) is 4.60. The lowest BCUT2D eigenvalue weighted by atomic mass is 10.0. The molecule has 82 valence electrons. The van der Waals surface area contributed by atoms with Crippen molar-refractivity contribution in [1.29, 1.82) is 0 Å². The fraction of sp³-hybridized carbons (Fsp3) is 0.455. The lowest BCUT2D eigenvalue weighted by molar-refractivity contribution is 0.0266. The third-order valence-corrected chi connectivity index (χ3v) is 3.41. The zero-order valence-electron chi connectivity index (χ0n) is 8.52. The average molecular weight is 274 g/mol. The van der Waals surface area contributed by atoms with Crippen molar-refractivity contribution in [3.63, 3.8) is 0 Å². The van der Waals surface area contributed by atoms with Gasteiger partial charge in [-0.05, 0) is 34.5 Å². The summed E-state index contributed by atoms with van der Waals surface area (Å²) in [5, 5.41) is 3.24. The molecular formula is C11H13BrFNO. The molecule has 1 N–H and O–H groups in total. The SMILES string of the molecule is Cc1ccc(F)c(Br)c1C1CNCCO1. The molecule has 0 bridgehead atoms. The molecule has 0 aromatic heterocycles. The number of rotatable bonds is 1. The van der Waals surface area contributed by atoms with Gasteiger partial charge in [-0.15, -0.1) is 0 Å². The van der Waals surface area contributed by atoms with Gasteiger partial charge in [-0.2, -0.15) is 0 Å². The van der Waals surface area contributed by atoms with Crippen LogP contribution in [0.2, 0.25) is 0 Å². The van der Waals surface area contributed by atoms with Crippen molar-refractivity contribution in [1.82, 2.24) is 5.32 Å². The molecule has 2 nitrogen and oxygen atoms in total.